The SMILES string of the molecule is Cc1cccnc1CN(Cc1ncccc1C)C(CCN)c1cccnc1. The van der Waals surface area contributed by atoms with E-state index in [-0.39, 0.29) is 6.04 Å². The predicted molar refractivity (Wildman–Crippen MR) is 108 cm³/mol. The van der Waals surface area contributed by atoms with Gasteiger partial charge in [-0.15, -0.1) is 0 Å². The molecule has 140 valence electrons. The Morgan fingerprint density at radius 2 is 1.48 bits per heavy atom. The molecule has 5 heteroatoms. The molecule has 0 aliphatic heterocycles. The highest BCUT2D eigenvalue weighted by Gasteiger charge is 2.22. The summed E-state index contributed by atoms with van der Waals surface area (Å²) in [6.07, 6.45) is 8.30. The van der Waals surface area contributed by atoms with Crippen molar-refractivity contribution in [3.05, 3.63) is 89.3 Å². The molecular formula is C22H27N5. The number of nitrogens with zero attached hydrogens (tertiary/aromatic N) is 4. The Labute approximate surface area is 161 Å². The summed E-state index contributed by atoms with van der Waals surface area (Å²) in [4.78, 5) is 16.0. The van der Waals surface area contributed by atoms with Crippen LogP contribution < -0.4 is 5.73 Å². The van der Waals surface area contributed by atoms with Gasteiger partial charge in [-0.25, -0.2) is 0 Å². The first-order valence-corrected chi connectivity index (χ1v) is 9.34. The molecule has 3 aromatic rings. The molecular weight excluding hydrogens is 334 g/mol. The first-order chi connectivity index (χ1) is 13.2. The number of rotatable bonds is 8. The van der Waals surface area contributed by atoms with Gasteiger partial charge in [0.15, 0.2) is 0 Å². The van der Waals surface area contributed by atoms with Crippen LogP contribution in [0.4, 0.5) is 0 Å². The van der Waals surface area contributed by atoms with Gasteiger partial charge in [0, 0.05) is 43.9 Å². The van der Waals surface area contributed by atoms with Crippen LogP contribution in [0.2, 0.25) is 0 Å². The van der Waals surface area contributed by atoms with Gasteiger partial charge in [-0.05, 0) is 61.7 Å². The van der Waals surface area contributed by atoms with Gasteiger partial charge >= 0.3 is 0 Å². The third kappa shape index (κ3) is 4.96. The van der Waals surface area contributed by atoms with Crippen molar-refractivity contribution in [3.8, 4) is 0 Å². The zero-order chi connectivity index (χ0) is 19.1. The third-order valence-corrected chi connectivity index (χ3v) is 4.89. The fourth-order valence-electron chi connectivity index (χ4n) is 3.32. The number of aryl methyl sites for hydroxylation is 2. The first kappa shape index (κ1) is 19.1. The van der Waals surface area contributed by atoms with Gasteiger partial charge < -0.3 is 5.73 Å². The zero-order valence-corrected chi connectivity index (χ0v) is 16.0. The summed E-state index contributed by atoms with van der Waals surface area (Å²) in [5.74, 6) is 0. The second-order valence-corrected chi connectivity index (χ2v) is 6.82. The van der Waals surface area contributed by atoms with Gasteiger partial charge in [-0.1, -0.05) is 18.2 Å². The molecule has 1 atom stereocenters. The summed E-state index contributed by atoms with van der Waals surface area (Å²) in [6, 6.07) is 12.4. The van der Waals surface area contributed by atoms with Crippen molar-refractivity contribution in [3.63, 3.8) is 0 Å². The number of aromatic nitrogens is 3. The van der Waals surface area contributed by atoms with Crippen LogP contribution in [-0.2, 0) is 13.1 Å². The minimum Gasteiger partial charge on any atom is -0.330 e. The predicted octanol–water partition coefficient (Wildman–Crippen LogP) is 3.58. The molecule has 0 saturated carbocycles. The highest BCUT2D eigenvalue weighted by molar-refractivity contribution is 5.22. The molecule has 27 heavy (non-hydrogen) atoms. The maximum absolute atomic E-state index is 5.97. The second kappa shape index (κ2) is 9.35. The molecule has 5 nitrogen and oxygen atoms in total. The van der Waals surface area contributed by atoms with Crippen LogP contribution in [0.15, 0.2) is 61.2 Å². The van der Waals surface area contributed by atoms with E-state index in [1.165, 1.54) is 16.7 Å². The number of hydrogen-bond acceptors (Lipinski definition) is 5. The smallest absolute Gasteiger partial charge is 0.0573 e. The van der Waals surface area contributed by atoms with E-state index in [9.17, 15) is 0 Å². The summed E-state index contributed by atoms with van der Waals surface area (Å²) < 4.78 is 0. The zero-order valence-electron chi connectivity index (χ0n) is 16.0. The molecule has 2 N–H and O–H groups in total. The van der Waals surface area contributed by atoms with E-state index in [0.29, 0.717) is 6.54 Å². The Hall–Kier alpha value is -2.63. The topological polar surface area (TPSA) is 67.9 Å². The molecule has 0 aliphatic carbocycles. The van der Waals surface area contributed by atoms with E-state index in [1.807, 2.05) is 36.8 Å². The molecule has 3 rings (SSSR count). The normalized spacial score (nSPS) is 12.3. The largest absolute Gasteiger partial charge is 0.330 e. The lowest BCUT2D eigenvalue weighted by atomic mass is 10.0. The van der Waals surface area contributed by atoms with Gasteiger partial charge in [0.05, 0.1) is 11.4 Å². The van der Waals surface area contributed by atoms with Crippen LogP contribution in [-0.4, -0.2) is 26.4 Å². The molecule has 0 amide bonds. The highest BCUT2D eigenvalue weighted by Crippen LogP contribution is 2.27. The van der Waals surface area contributed by atoms with Crippen LogP contribution >= 0.6 is 0 Å². The van der Waals surface area contributed by atoms with Gasteiger partial charge in [0.1, 0.15) is 0 Å². The molecule has 0 spiro atoms. The van der Waals surface area contributed by atoms with E-state index in [1.54, 1.807) is 6.20 Å². The van der Waals surface area contributed by atoms with E-state index in [0.717, 1.165) is 30.9 Å². The van der Waals surface area contributed by atoms with Crippen molar-refractivity contribution >= 4 is 0 Å². The van der Waals surface area contributed by atoms with Crippen LogP contribution in [0.5, 0.6) is 0 Å². The molecule has 3 aromatic heterocycles. The molecule has 0 bridgehead atoms. The van der Waals surface area contributed by atoms with Gasteiger partial charge in [-0.3, -0.25) is 19.9 Å². The molecule has 1 unspecified atom stereocenters. The lowest BCUT2D eigenvalue weighted by molar-refractivity contribution is 0.166. The minimum atomic E-state index is 0.159. The van der Waals surface area contributed by atoms with Crippen molar-refractivity contribution < 1.29 is 0 Å². The minimum absolute atomic E-state index is 0.159. The van der Waals surface area contributed by atoms with Crippen LogP contribution in [0.25, 0.3) is 0 Å². The van der Waals surface area contributed by atoms with E-state index < -0.39 is 0 Å². The summed E-state index contributed by atoms with van der Waals surface area (Å²) in [6.45, 7) is 6.30. The first-order valence-electron chi connectivity index (χ1n) is 9.34. The van der Waals surface area contributed by atoms with E-state index in [2.05, 4.69) is 51.9 Å². The average Bonchev–Trinajstić information content (AvgIpc) is 2.69. The molecule has 0 saturated heterocycles. The van der Waals surface area contributed by atoms with Crippen LogP contribution in [0.3, 0.4) is 0 Å². The summed E-state index contributed by atoms with van der Waals surface area (Å²) in [5, 5.41) is 0. The van der Waals surface area contributed by atoms with Crippen molar-refractivity contribution in [1.82, 2.24) is 19.9 Å². The van der Waals surface area contributed by atoms with E-state index >= 15 is 0 Å². The van der Waals surface area contributed by atoms with Gasteiger partial charge in [-0.2, -0.15) is 0 Å². The quantitative estimate of drug-likeness (QED) is 0.664. The van der Waals surface area contributed by atoms with Crippen molar-refractivity contribution in [1.29, 1.82) is 0 Å². The fraction of sp³-hybridized carbons (Fsp3) is 0.318. The Bertz CT molecular complexity index is 803. The Morgan fingerprint density at radius 1 is 0.889 bits per heavy atom. The maximum atomic E-state index is 5.97. The standard InChI is InChI=1S/C22H27N5/c1-17-6-3-12-25-20(17)15-27(16-21-18(2)7-4-13-26-21)22(9-10-23)19-8-5-11-24-14-19/h3-8,11-14,22H,9-10,15-16,23H2,1-2H3. The van der Waals surface area contributed by atoms with Gasteiger partial charge in [0.2, 0.25) is 0 Å². The molecule has 0 radical (unpaired) electrons. The third-order valence-electron chi connectivity index (χ3n) is 4.89. The summed E-state index contributed by atoms with van der Waals surface area (Å²) in [7, 11) is 0. The number of nitrogens with two attached hydrogens (primary N) is 1. The Morgan fingerprint density at radius 3 is 1.96 bits per heavy atom. The lowest BCUT2D eigenvalue weighted by Gasteiger charge is -2.32. The molecule has 0 aromatic carbocycles. The van der Waals surface area contributed by atoms with Crippen LogP contribution in [0, 0.1) is 13.8 Å². The highest BCUT2D eigenvalue weighted by atomic mass is 15.2. The van der Waals surface area contributed by atoms with E-state index in [4.69, 9.17) is 5.73 Å². The fourth-order valence-corrected chi connectivity index (χ4v) is 3.32. The van der Waals surface area contributed by atoms with Crippen LogP contribution in [0.1, 0.15) is 40.5 Å². The van der Waals surface area contributed by atoms with Crippen molar-refractivity contribution in [2.24, 2.45) is 5.73 Å². The molecule has 0 fully saturated rings. The van der Waals surface area contributed by atoms with Gasteiger partial charge in [0.25, 0.3) is 0 Å². The van der Waals surface area contributed by atoms with Crippen molar-refractivity contribution in [2.75, 3.05) is 6.54 Å². The summed E-state index contributed by atoms with van der Waals surface area (Å²) >= 11 is 0. The summed E-state index contributed by atoms with van der Waals surface area (Å²) in [5.41, 5.74) is 11.7. The number of hydrogen-bond donors (Lipinski definition) is 1. The average molecular weight is 361 g/mol. The van der Waals surface area contributed by atoms with Crippen molar-refractivity contribution in [2.45, 2.75) is 39.4 Å². The molecule has 0 aliphatic rings. The molecule has 3 heterocycles. The Kier molecular flexibility index (Phi) is 6.63. The second-order valence-electron chi connectivity index (χ2n) is 6.82. The maximum Gasteiger partial charge on any atom is 0.0573 e. The lowest BCUT2D eigenvalue weighted by Crippen LogP contribution is -2.31. The number of pyridine rings is 3. The Balaban J connectivity index is 1.96. The monoisotopic (exact) mass is 361 g/mol.